The van der Waals surface area contributed by atoms with Gasteiger partial charge in [0.15, 0.2) is 0 Å². The number of nitrogens with two attached hydrogens (primary N) is 1. The van der Waals surface area contributed by atoms with Crippen LogP contribution < -0.4 is 16.4 Å². The van der Waals surface area contributed by atoms with Gasteiger partial charge < -0.3 is 21.1 Å². The molecule has 1 fully saturated rings. The second-order valence-electron chi connectivity index (χ2n) is 4.98. The minimum atomic E-state index is -0.490. The Morgan fingerprint density at radius 2 is 2.11 bits per heavy atom. The standard InChI is InChI=1S/C13H25N3O3/c1-19-9-3-4-11(14)13(18)15-8-2-5-12(17)16-10-6-7-10/h10-11H,2-9,14H2,1H3,(H,15,18)(H,16,17). The number of nitrogens with one attached hydrogen (secondary N) is 2. The predicted molar refractivity (Wildman–Crippen MR) is 72.5 cm³/mol. The third-order valence-corrected chi connectivity index (χ3v) is 3.02. The summed E-state index contributed by atoms with van der Waals surface area (Å²) in [5.41, 5.74) is 5.73. The van der Waals surface area contributed by atoms with Gasteiger partial charge in [-0.25, -0.2) is 0 Å². The lowest BCUT2D eigenvalue weighted by molar-refractivity contribution is -0.123. The van der Waals surface area contributed by atoms with Gasteiger partial charge in [-0.15, -0.1) is 0 Å². The molecule has 0 radical (unpaired) electrons. The lowest BCUT2D eigenvalue weighted by atomic mass is 10.1. The zero-order valence-electron chi connectivity index (χ0n) is 11.6. The molecule has 1 aliphatic rings. The Hall–Kier alpha value is -1.14. The lowest BCUT2D eigenvalue weighted by Gasteiger charge is -2.11. The molecule has 1 atom stereocenters. The van der Waals surface area contributed by atoms with E-state index in [9.17, 15) is 9.59 Å². The highest BCUT2D eigenvalue weighted by Crippen LogP contribution is 2.18. The summed E-state index contributed by atoms with van der Waals surface area (Å²) in [5.74, 6) is -0.0835. The van der Waals surface area contributed by atoms with Crippen LogP contribution in [0.15, 0.2) is 0 Å². The SMILES string of the molecule is COCCCC(N)C(=O)NCCCC(=O)NC1CC1. The summed E-state index contributed by atoms with van der Waals surface area (Å²) in [6.45, 7) is 1.11. The van der Waals surface area contributed by atoms with Gasteiger partial charge in [-0.1, -0.05) is 0 Å². The van der Waals surface area contributed by atoms with Crippen LogP contribution in [0.2, 0.25) is 0 Å². The van der Waals surface area contributed by atoms with Crippen molar-refractivity contribution in [3.63, 3.8) is 0 Å². The molecule has 0 aromatic heterocycles. The fraction of sp³-hybridized carbons (Fsp3) is 0.846. The molecule has 1 aliphatic carbocycles. The van der Waals surface area contributed by atoms with Crippen LogP contribution in [-0.2, 0) is 14.3 Å². The van der Waals surface area contributed by atoms with Crippen molar-refractivity contribution in [1.29, 1.82) is 0 Å². The van der Waals surface area contributed by atoms with Gasteiger partial charge in [0.1, 0.15) is 0 Å². The van der Waals surface area contributed by atoms with Gasteiger partial charge in [-0.3, -0.25) is 9.59 Å². The van der Waals surface area contributed by atoms with Crippen LogP contribution in [0.1, 0.15) is 38.5 Å². The first-order valence-electron chi connectivity index (χ1n) is 6.95. The van der Waals surface area contributed by atoms with Crippen molar-refractivity contribution in [1.82, 2.24) is 10.6 Å². The Kier molecular flexibility index (Phi) is 7.43. The molecule has 110 valence electrons. The first-order valence-corrected chi connectivity index (χ1v) is 6.95. The van der Waals surface area contributed by atoms with E-state index in [-0.39, 0.29) is 11.8 Å². The summed E-state index contributed by atoms with van der Waals surface area (Å²) >= 11 is 0. The summed E-state index contributed by atoms with van der Waals surface area (Å²) in [4.78, 5) is 23.0. The highest BCUT2D eigenvalue weighted by atomic mass is 16.5. The predicted octanol–water partition coefficient (Wildman–Crippen LogP) is -0.0847. The average molecular weight is 271 g/mol. The number of ether oxygens (including phenoxy) is 1. The third-order valence-electron chi connectivity index (χ3n) is 3.02. The zero-order valence-corrected chi connectivity index (χ0v) is 11.6. The van der Waals surface area contributed by atoms with Crippen molar-refractivity contribution in [2.75, 3.05) is 20.3 Å². The van der Waals surface area contributed by atoms with Crippen LogP contribution in [0.25, 0.3) is 0 Å². The van der Waals surface area contributed by atoms with Crippen LogP contribution >= 0.6 is 0 Å². The summed E-state index contributed by atoms with van der Waals surface area (Å²) in [6, 6.07) is -0.0910. The number of rotatable bonds is 10. The van der Waals surface area contributed by atoms with Gasteiger partial charge in [0.05, 0.1) is 6.04 Å². The summed E-state index contributed by atoms with van der Waals surface area (Å²) in [5, 5.41) is 5.66. The van der Waals surface area contributed by atoms with E-state index in [0.29, 0.717) is 38.5 Å². The quantitative estimate of drug-likeness (QED) is 0.484. The number of carbonyl (C=O) groups is 2. The molecule has 0 bridgehead atoms. The van der Waals surface area contributed by atoms with Gasteiger partial charge in [0.2, 0.25) is 11.8 Å². The Labute approximate surface area is 114 Å². The monoisotopic (exact) mass is 271 g/mol. The molecule has 0 heterocycles. The summed E-state index contributed by atoms with van der Waals surface area (Å²) < 4.78 is 4.90. The Balaban J connectivity index is 1.97. The second-order valence-corrected chi connectivity index (χ2v) is 4.98. The van der Waals surface area contributed by atoms with Crippen LogP contribution in [0.3, 0.4) is 0 Å². The maximum atomic E-state index is 11.6. The number of carbonyl (C=O) groups excluding carboxylic acids is 2. The molecule has 0 aromatic carbocycles. The molecule has 1 rings (SSSR count). The van der Waals surface area contributed by atoms with Gasteiger partial charge in [0, 0.05) is 32.7 Å². The minimum Gasteiger partial charge on any atom is -0.385 e. The molecule has 6 nitrogen and oxygen atoms in total. The van der Waals surface area contributed by atoms with Gasteiger partial charge in [0.25, 0.3) is 0 Å². The maximum Gasteiger partial charge on any atom is 0.236 e. The lowest BCUT2D eigenvalue weighted by Crippen LogP contribution is -2.41. The molecule has 4 N–H and O–H groups in total. The van der Waals surface area contributed by atoms with E-state index in [1.54, 1.807) is 7.11 Å². The molecular weight excluding hydrogens is 246 g/mol. The van der Waals surface area contributed by atoms with Crippen molar-refractivity contribution in [3.8, 4) is 0 Å². The Morgan fingerprint density at radius 3 is 2.74 bits per heavy atom. The van der Waals surface area contributed by atoms with E-state index in [1.165, 1.54) is 0 Å². The number of hydrogen-bond donors (Lipinski definition) is 3. The topological polar surface area (TPSA) is 93.4 Å². The van der Waals surface area contributed by atoms with Crippen LogP contribution in [-0.4, -0.2) is 44.2 Å². The highest BCUT2D eigenvalue weighted by molar-refractivity contribution is 5.81. The molecule has 6 heteroatoms. The zero-order chi connectivity index (χ0) is 14.1. The van der Waals surface area contributed by atoms with E-state index in [2.05, 4.69) is 10.6 Å². The van der Waals surface area contributed by atoms with Crippen LogP contribution in [0, 0.1) is 0 Å². The fourth-order valence-corrected chi connectivity index (χ4v) is 1.70. The fourth-order valence-electron chi connectivity index (χ4n) is 1.70. The van der Waals surface area contributed by atoms with Crippen molar-refractivity contribution in [2.24, 2.45) is 5.73 Å². The third kappa shape index (κ3) is 7.79. The largest absolute Gasteiger partial charge is 0.385 e. The van der Waals surface area contributed by atoms with Crippen molar-refractivity contribution in [3.05, 3.63) is 0 Å². The van der Waals surface area contributed by atoms with E-state index in [4.69, 9.17) is 10.5 Å². The Morgan fingerprint density at radius 1 is 1.37 bits per heavy atom. The van der Waals surface area contributed by atoms with Crippen molar-refractivity contribution >= 4 is 11.8 Å². The second kappa shape index (κ2) is 8.87. The van der Waals surface area contributed by atoms with Crippen LogP contribution in [0.4, 0.5) is 0 Å². The van der Waals surface area contributed by atoms with E-state index in [1.807, 2.05) is 0 Å². The van der Waals surface area contributed by atoms with Crippen LogP contribution in [0.5, 0.6) is 0 Å². The Bertz CT molecular complexity index is 293. The van der Waals surface area contributed by atoms with Gasteiger partial charge in [-0.2, -0.15) is 0 Å². The molecule has 1 saturated carbocycles. The first-order chi connectivity index (χ1) is 9.13. The molecule has 0 saturated heterocycles. The number of hydrogen-bond acceptors (Lipinski definition) is 4. The minimum absolute atomic E-state index is 0.0705. The number of methoxy groups -OCH3 is 1. The molecule has 0 aliphatic heterocycles. The van der Waals surface area contributed by atoms with Crippen molar-refractivity contribution in [2.45, 2.75) is 50.6 Å². The van der Waals surface area contributed by atoms with Crippen molar-refractivity contribution < 1.29 is 14.3 Å². The molecule has 19 heavy (non-hydrogen) atoms. The average Bonchev–Trinajstić information content (AvgIpc) is 3.18. The summed E-state index contributed by atoms with van der Waals surface area (Å²) in [7, 11) is 1.62. The van der Waals surface area contributed by atoms with Gasteiger partial charge in [-0.05, 0) is 32.1 Å². The molecule has 0 spiro atoms. The van der Waals surface area contributed by atoms with E-state index in [0.717, 1.165) is 19.3 Å². The molecular formula is C13H25N3O3. The normalized spacial score (nSPS) is 15.9. The van der Waals surface area contributed by atoms with E-state index >= 15 is 0 Å². The van der Waals surface area contributed by atoms with E-state index < -0.39 is 6.04 Å². The van der Waals surface area contributed by atoms with Gasteiger partial charge >= 0.3 is 0 Å². The smallest absolute Gasteiger partial charge is 0.236 e. The molecule has 2 amide bonds. The first kappa shape index (κ1) is 15.9. The molecule has 0 aromatic rings. The summed E-state index contributed by atoms with van der Waals surface area (Å²) in [6.07, 6.45) is 4.68. The highest BCUT2D eigenvalue weighted by Gasteiger charge is 2.22. The molecule has 1 unspecified atom stereocenters. The maximum absolute atomic E-state index is 11.6. The number of amides is 2.